The lowest BCUT2D eigenvalue weighted by atomic mass is 10.1. The summed E-state index contributed by atoms with van der Waals surface area (Å²) in [7, 11) is 0. The number of esters is 1. The van der Waals surface area contributed by atoms with Crippen LogP contribution in [0.1, 0.15) is 31.0 Å². The standard InChI is InChI=1S/C20H20F2N2O3/c1-3-27-19(25)11-6-14-4-8-16(9-5-14)24-20(26)23-13(2)15-7-10-17(21)18(22)12-15/h4-13H,3H2,1-2H3,(H2,23,24,26)/b11-6+/t13-/m1/s1. The minimum Gasteiger partial charge on any atom is -0.463 e. The summed E-state index contributed by atoms with van der Waals surface area (Å²) in [5, 5.41) is 5.29. The number of hydrogen-bond acceptors (Lipinski definition) is 3. The van der Waals surface area contributed by atoms with Crippen LogP contribution >= 0.6 is 0 Å². The Labute approximate surface area is 156 Å². The highest BCUT2D eigenvalue weighted by Gasteiger charge is 2.12. The normalized spacial score (nSPS) is 11.9. The number of amides is 2. The zero-order chi connectivity index (χ0) is 19.8. The highest BCUT2D eigenvalue weighted by atomic mass is 19.2. The minimum atomic E-state index is -0.965. The number of carbonyl (C=O) groups excluding carboxylic acids is 2. The van der Waals surface area contributed by atoms with Crippen LogP contribution in [0.15, 0.2) is 48.5 Å². The van der Waals surface area contributed by atoms with Crippen molar-refractivity contribution in [2.45, 2.75) is 19.9 Å². The number of nitrogens with one attached hydrogen (secondary N) is 2. The van der Waals surface area contributed by atoms with Gasteiger partial charge in [-0.25, -0.2) is 18.4 Å². The molecule has 0 saturated carbocycles. The van der Waals surface area contributed by atoms with Crippen molar-refractivity contribution in [3.05, 3.63) is 71.3 Å². The van der Waals surface area contributed by atoms with Crippen molar-refractivity contribution in [2.75, 3.05) is 11.9 Å². The van der Waals surface area contributed by atoms with E-state index < -0.39 is 29.7 Å². The maximum Gasteiger partial charge on any atom is 0.330 e. The highest BCUT2D eigenvalue weighted by molar-refractivity contribution is 5.90. The summed E-state index contributed by atoms with van der Waals surface area (Å²) < 4.78 is 31.0. The summed E-state index contributed by atoms with van der Waals surface area (Å²) in [6.45, 7) is 3.70. The monoisotopic (exact) mass is 374 g/mol. The number of urea groups is 1. The summed E-state index contributed by atoms with van der Waals surface area (Å²) in [5.41, 5.74) is 1.76. The summed E-state index contributed by atoms with van der Waals surface area (Å²) in [4.78, 5) is 23.3. The van der Waals surface area contributed by atoms with Crippen molar-refractivity contribution >= 4 is 23.8 Å². The van der Waals surface area contributed by atoms with E-state index in [-0.39, 0.29) is 0 Å². The highest BCUT2D eigenvalue weighted by Crippen LogP contribution is 2.16. The summed E-state index contributed by atoms with van der Waals surface area (Å²) in [6, 6.07) is 9.28. The van der Waals surface area contributed by atoms with Crippen LogP contribution in [0.25, 0.3) is 6.08 Å². The minimum absolute atomic E-state index is 0.310. The van der Waals surface area contributed by atoms with E-state index in [1.807, 2.05) is 0 Å². The first-order valence-electron chi connectivity index (χ1n) is 8.36. The first-order chi connectivity index (χ1) is 12.9. The van der Waals surface area contributed by atoms with Gasteiger partial charge >= 0.3 is 12.0 Å². The molecule has 27 heavy (non-hydrogen) atoms. The number of benzene rings is 2. The quantitative estimate of drug-likeness (QED) is 0.581. The molecule has 7 heteroatoms. The average Bonchev–Trinajstić information content (AvgIpc) is 2.63. The van der Waals surface area contributed by atoms with Crippen molar-refractivity contribution in [3.8, 4) is 0 Å². The summed E-state index contributed by atoms with van der Waals surface area (Å²) in [5.74, 6) is -2.33. The van der Waals surface area contributed by atoms with Crippen molar-refractivity contribution in [1.82, 2.24) is 5.32 Å². The maximum atomic E-state index is 13.3. The van der Waals surface area contributed by atoms with Crippen LogP contribution in [0.4, 0.5) is 19.3 Å². The third-order valence-corrected chi connectivity index (χ3v) is 3.66. The van der Waals surface area contributed by atoms with Gasteiger partial charge in [0, 0.05) is 11.8 Å². The predicted molar refractivity (Wildman–Crippen MR) is 99.0 cm³/mol. The number of ether oxygens (including phenoxy) is 1. The average molecular weight is 374 g/mol. The van der Waals surface area contributed by atoms with Crippen LogP contribution in [0.5, 0.6) is 0 Å². The zero-order valence-electron chi connectivity index (χ0n) is 15.0. The molecular formula is C20H20F2N2O3. The first-order valence-corrected chi connectivity index (χ1v) is 8.36. The summed E-state index contributed by atoms with van der Waals surface area (Å²) >= 11 is 0. The topological polar surface area (TPSA) is 67.4 Å². The molecule has 0 aliphatic carbocycles. The van der Waals surface area contributed by atoms with Gasteiger partial charge in [0.2, 0.25) is 0 Å². The van der Waals surface area contributed by atoms with E-state index in [9.17, 15) is 18.4 Å². The number of rotatable bonds is 6. The molecule has 0 spiro atoms. The van der Waals surface area contributed by atoms with Crippen LogP contribution in [-0.4, -0.2) is 18.6 Å². The molecule has 1 atom stereocenters. The molecule has 0 fully saturated rings. The van der Waals surface area contributed by atoms with E-state index in [1.165, 1.54) is 12.1 Å². The fourth-order valence-electron chi connectivity index (χ4n) is 2.26. The molecule has 0 saturated heterocycles. The molecule has 2 aromatic rings. The van der Waals surface area contributed by atoms with Crippen LogP contribution in [-0.2, 0) is 9.53 Å². The fourth-order valence-corrected chi connectivity index (χ4v) is 2.26. The molecule has 0 aromatic heterocycles. The van der Waals surface area contributed by atoms with E-state index in [2.05, 4.69) is 10.6 Å². The Morgan fingerprint density at radius 2 is 1.81 bits per heavy atom. The van der Waals surface area contributed by atoms with Gasteiger partial charge in [-0.15, -0.1) is 0 Å². The molecule has 142 valence electrons. The SMILES string of the molecule is CCOC(=O)/C=C/c1ccc(NC(=O)N[C@H](C)c2ccc(F)c(F)c2)cc1. The lowest BCUT2D eigenvalue weighted by Crippen LogP contribution is -2.31. The van der Waals surface area contributed by atoms with Crippen LogP contribution in [0.2, 0.25) is 0 Å². The molecule has 0 unspecified atom stereocenters. The Morgan fingerprint density at radius 3 is 2.44 bits per heavy atom. The Kier molecular flexibility index (Phi) is 7.05. The third-order valence-electron chi connectivity index (χ3n) is 3.66. The number of halogens is 2. The van der Waals surface area contributed by atoms with Crippen LogP contribution in [0.3, 0.4) is 0 Å². The van der Waals surface area contributed by atoms with Crippen LogP contribution in [0, 0.1) is 11.6 Å². The van der Waals surface area contributed by atoms with Gasteiger partial charge < -0.3 is 15.4 Å². The Morgan fingerprint density at radius 1 is 1.11 bits per heavy atom. The van der Waals surface area contributed by atoms with Gasteiger partial charge in [0.15, 0.2) is 11.6 Å². The Bertz CT molecular complexity index is 836. The molecule has 2 rings (SSSR count). The molecule has 0 aliphatic heterocycles. The van der Waals surface area contributed by atoms with Gasteiger partial charge in [-0.2, -0.15) is 0 Å². The predicted octanol–water partition coefficient (Wildman–Crippen LogP) is 4.42. The molecule has 0 bridgehead atoms. The molecule has 5 nitrogen and oxygen atoms in total. The van der Waals surface area contributed by atoms with E-state index in [4.69, 9.17) is 4.74 Å². The largest absolute Gasteiger partial charge is 0.463 e. The number of hydrogen-bond donors (Lipinski definition) is 2. The van der Waals surface area contributed by atoms with Gasteiger partial charge in [0.05, 0.1) is 12.6 Å². The van der Waals surface area contributed by atoms with Crippen molar-refractivity contribution in [1.29, 1.82) is 0 Å². The second kappa shape index (κ2) is 9.47. The second-order valence-electron chi connectivity index (χ2n) is 5.70. The lowest BCUT2D eigenvalue weighted by Gasteiger charge is -2.15. The molecule has 2 N–H and O–H groups in total. The van der Waals surface area contributed by atoms with E-state index in [0.717, 1.165) is 17.7 Å². The second-order valence-corrected chi connectivity index (χ2v) is 5.70. The fraction of sp³-hybridized carbons (Fsp3) is 0.200. The van der Waals surface area contributed by atoms with Gasteiger partial charge in [-0.1, -0.05) is 18.2 Å². The van der Waals surface area contributed by atoms with Crippen LogP contribution < -0.4 is 10.6 Å². The van der Waals surface area contributed by atoms with Crippen molar-refractivity contribution in [2.24, 2.45) is 0 Å². The summed E-state index contributed by atoms with van der Waals surface area (Å²) in [6.07, 6.45) is 2.93. The maximum absolute atomic E-state index is 13.3. The third kappa shape index (κ3) is 6.22. The van der Waals surface area contributed by atoms with Crippen molar-refractivity contribution < 1.29 is 23.1 Å². The first kappa shape index (κ1) is 20.1. The van der Waals surface area contributed by atoms with E-state index in [0.29, 0.717) is 17.9 Å². The lowest BCUT2D eigenvalue weighted by molar-refractivity contribution is -0.137. The van der Waals surface area contributed by atoms with E-state index in [1.54, 1.807) is 44.2 Å². The zero-order valence-corrected chi connectivity index (χ0v) is 15.0. The smallest absolute Gasteiger partial charge is 0.330 e. The number of carbonyl (C=O) groups is 2. The number of anilines is 1. The Balaban J connectivity index is 1.91. The van der Waals surface area contributed by atoms with Gasteiger partial charge in [0.25, 0.3) is 0 Å². The van der Waals surface area contributed by atoms with Crippen molar-refractivity contribution in [3.63, 3.8) is 0 Å². The van der Waals surface area contributed by atoms with Gasteiger partial charge in [0.1, 0.15) is 0 Å². The molecular weight excluding hydrogens is 354 g/mol. The molecule has 0 radical (unpaired) electrons. The molecule has 2 aromatic carbocycles. The molecule has 0 heterocycles. The Hall–Kier alpha value is -3.22. The molecule has 0 aliphatic rings. The molecule has 2 amide bonds. The van der Waals surface area contributed by atoms with Gasteiger partial charge in [-0.3, -0.25) is 0 Å². The van der Waals surface area contributed by atoms with Gasteiger partial charge in [-0.05, 0) is 55.3 Å². The van der Waals surface area contributed by atoms with E-state index >= 15 is 0 Å².